The number of benzene rings is 1. The van der Waals surface area contributed by atoms with Gasteiger partial charge in [0.25, 0.3) is 5.91 Å². The fourth-order valence-electron chi connectivity index (χ4n) is 1.13. The van der Waals surface area contributed by atoms with Gasteiger partial charge < -0.3 is 15.4 Å². The van der Waals surface area contributed by atoms with Crippen molar-refractivity contribution in [2.45, 2.75) is 6.54 Å². The maximum atomic E-state index is 13.4. The molecule has 6 heteroatoms. The zero-order valence-electron chi connectivity index (χ0n) is 9.67. The Labute approximate surface area is 98.0 Å². The summed E-state index contributed by atoms with van der Waals surface area (Å²) in [7, 11) is 3.05. The molecule has 1 aromatic rings. The fourth-order valence-corrected chi connectivity index (χ4v) is 1.13. The van der Waals surface area contributed by atoms with Crippen molar-refractivity contribution in [1.82, 2.24) is 4.90 Å². The molecular weight excluding hydrogens is 230 g/mol. The molecule has 2 N–H and O–H groups in total. The lowest BCUT2D eigenvalue weighted by Gasteiger charge is -2.12. The number of rotatable bonds is 4. The van der Waals surface area contributed by atoms with E-state index in [4.69, 9.17) is 10.5 Å². The van der Waals surface area contributed by atoms with Crippen molar-refractivity contribution in [3.8, 4) is 5.75 Å². The number of likely N-dealkylation sites (N-methyl/N-ethyl adjacent to an activating group) is 1. The third kappa shape index (κ3) is 3.39. The summed E-state index contributed by atoms with van der Waals surface area (Å²) in [5.74, 6) is -2.67. The Morgan fingerprint density at radius 2 is 1.88 bits per heavy atom. The highest BCUT2D eigenvalue weighted by Gasteiger charge is 2.14. The molecule has 0 aliphatic carbocycles. The standard InChI is InChI=1S/C11H14F2N2O2/c1-15(2)10(16)6-17-11-8(12)3-7(5-14)4-9(11)13/h3-4H,5-6,14H2,1-2H3. The van der Waals surface area contributed by atoms with Crippen LogP contribution in [0, 0.1) is 11.6 Å². The third-order valence-corrected chi connectivity index (χ3v) is 2.13. The van der Waals surface area contributed by atoms with Crippen molar-refractivity contribution in [1.29, 1.82) is 0 Å². The minimum atomic E-state index is -0.864. The van der Waals surface area contributed by atoms with Crippen LogP contribution in [0.5, 0.6) is 5.75 Å². The molecule has 0 saturated carbocycles. The van der Waals surface area contributed by atoms with Crippen LogP contribution < -0.4 is 10.5 Å². The van der Waals surface area contributed by atoms with E-state index in [0.29, 0.717) is 5.56 Å². The van der Waals surface area contributed by atoms with Gasteiger partial charge in [0.05, 0.1) is 0 Å². The summed E-state index contributed by atoms with van der Waals surface area (Å²) in [5.41, 5.74) is 5.59. The molecule has 0 aromatic heterocycles. The first-order chi connectivity index (χ1) is 7.95. The lowest BCUT2D eigenvalue weighted by Crippen LogP contribution is -2.27. The Kier molecular flexibility index (Phi) is 4.39. The van der Waals surface area contributed by atoms with Gasteiger partial charge in [0.1, 0.15) is 0 Å². The molecule has 94 valence electrons. The molecule has 0 heterocycles. The maximum Gasteiger partial charge on any atom is 0.259 e. The van der Waals surface area contributed by atoms with Crippen LogP contribution in [0.4, 0.5) is 8.78 Å². The molecule has 0 saturated heterocycles. The monoisotopic (exact) mass is 244 g/mol. The number of hydrogen-bond donors (Lipinski definition) is 1. The first-order valence-corrected chi connectivity index (χ1v) is 4.96. The van der Waals surface area contributed by atoms with Gasteiger partial charge in [0.15, 0.2) is 24.0 Å². The highest BCUT2D eigenvalue weighted by atomic mass is 19.1. The number of amides is 1. The second-order valence-corrected chi connectivity index (χ2v) is 3.67. The van der Waals surface area contributed by atoms with E-state index in [0.717, 1.165) is 12.1 Å². The van der Waals surface area contributed by atoms with Gasteiger partial charge >= 0.3 is 0 Å². The van der Waals surface area contributed by atoms with Crippen molar-refractivity contribution < 1.29 is 18.3 Å². The SMILES string of the molecule is CN(C)C(=O)COc1c(F)cc(CN)cc1F. The second-order valence-electron chi connectivity index (χ2n) is 3.67. The van der Waals surface area contributed by atoms with Crippen LogP contribution in [-0.4, -0.2) is 31.5 Å². The first-order valence-electron chi connectivity index (χ1n) is 4.96. The number of halogens is 2. The minimum Gasteiger partial charge on any atom is -0.478 e. The molecule has 17 heavy (non-hydrogen) atoms. The van der Waals surface area contributed by atoms with Gasteiger partial charge in [0, 0.05) is 20.6 Å². The molecule has 0 fully saturated rings. The van der Waals surface area contributed by atoms with E-state index in [1.165, 1.54) is 19.0 Å². The molecule has 0 aliphatic rings. The van der Waals surface area contributed by atoms with Gasteiger partial charge in [-0.1, -0.05) is 0 Å². The summed E-state index contributed by atoms with van der Waals surface area (Å²) in [6, 6.07) is 2.16. The van der Waals surface area contributed by atoms with Gasteiger partial charge in [0.2, 0.25) is 0 Å². The third-order valence-electron chi connectivity index (χ3n) is 2.13. The first kappa shape index (κ1) is 13.4. The van der Waals surface area contributed by atoms with E-state index in [9.17, 15) is 13.6 Å². The zero-order valence-corrected chi connectivity index (χ0v) is 9.67. The topological polar surface area (TPSA) is 55.6 Å². The number of nitrogens with zero attached hydrogens (tertiary/aromatic N) is 1. The van der Waals surface area contributed by atoms with E-state index in [-0.39, 0.29) is 12.5 Å². The van der Waals surface area contributed by atoms with Crippen LogP contribution in [0.25, 0.3) is 0 Å². The fraction of sp³-hybridized carbons (Fsp3) is 0.364. The number of carbonyl (C=O) groups is 1. The lowest BCUT2D eigenvalue weighted by atomic mass is 10.2. The number of carbonyl (C=O) groups excluding carboxylic acids is 1. The molecule has 0 spiro atoms. The number of nitrogens with two attached hydrogens (primary N) is 1. The van der Waals surface area contributed by atoms with Gasteiger partial charge in [-0.15, -0.1) is 0 Å². The molecular formula is C11H14F2N2O2. The van der Waals surface area contributed by atoms with E-state index >= 15 is 0 Å². The van der Waals surface area contributed by atoms with Gasteiger partial charge in [-0.3, -0.25) is 4.79 Å². The predicted molar refractivity (Wildman–Crippen MR) is 58.4 cm³/mol. The average Bonchev–Trinajstić information content (AvgIpc) is 2.27. The molecule has 4 nitrogen and oxygen atoms in total. The van der Waals surface area contributed by atoms with Gasteiger partial charge in [-0.25, -0.2) is 8.78 Å². The molecule has 1 amide bonds. The summed E-state index contributed by atoms with van der Waals surface area (Å²) < 4.78 is 31.6. The van der Waals surface area contributed by atoms with Crippen LogP contribution in [0.15, 0.2) is 12.1 Å². The molecule has 1 aromatic carbocycles. The molecule has 0 radical (unpaired) electrons. The Balaban J connectivity index is 2.81. The van der Waals surface area contributed by atoms with Crippen molar-refractivity contribution in [3.05, 3.63) is 29.3 Å². The predicted octanol–water partition coefficient (Wildman–Crippen LogP) is 0.890. The van der Waals surface area contributed by atoms with Crippen molar-refractivity contribution >= 4 is 5.91 Å². The Morgan fingerprint density at radius 3 is 2.29 bits per heavy atom. The Bertz CT molecular complexity index is 399. The second kappa shape index (κ2) is 5.58. The number of ether oxygens (including phenoxy) is 1. The molecule has 0 atom stereocenters. The maximum absolute atomic E-state index is 13.4. The van der Waals surface area contributed by atoms with E-state index in [1.54, 1.807) is 0 Å². The van der Waals surface area contributed by atoms with Gasteiger partial charge in [-0.2, -0.15) is 0 Å². The van der Waals surface area contributed by atoms with Crippen molar-refractivity contribution in [2.24, 2.45) is 5.73 Å². The minimum absolute atomic E-state index is 0.0325. The largest absolute Gasteiger partial charge is 0.478 e. The summed E-state index contributed by atoms with van der Waals surface area (Å²) in [4.78, 5) is 12.5. The van der Waals surface area contributed by atoms with Crippen LogP contribution >= 0.6 is 0 Å². The summed E-state index contributed by atoms with van der Waals surface area (Å²) in [6.45, 7) is -0.381. The van der Waals surface area contributed by atoms with E-state index < -0.39 is 24.0 Å². The average molecular weight is 244 g/mol. The zero-order chi connectivity index (χ0) is 13.0. The van der Waals surface area contributed by atoms with Gasteiger partial charge in [-0.05, 0) is 17.7 Å². The Morgan fingerprint density at radius 1 is 1.35 bits per heavy atom. The summed E-state index contributed by atoms with van der Waals surface area (Å²) in [6.07, 6.45) is 0. The normalized spacial score (nSPS) is 10.2. The van der Waals surface area contributed by atoms with Crippen LogP contribution in [0.1, 0.15) is 5.56 Å². The highest BCUT2D eigenvalue weighted by molar-refractivity contribution is 5.77. The highest BCUT2D eigenvalue weighted by Crippen LogP contribution is 2.23. The quantitative estimate of drug-likeness (QED) is 0.855. The smallest absolute Gasteiger partial charge is 0.259 e. The van der Waals surface area contributed by atoms with Crippen LogP contribution in [-0.2, 0) is 11.3 Å². The molecule has 0 bridgehead atoms. The number of hydrogen-bond acceptors (Lipinski definition) is 3. The van der Waals surface area contributed by atoms with E-state index in [1.807, 2.05) is 0 Å². The summed E-state index contributed by atoms with van der Waals surface area (Å²) >= 11 is 0. The Hall–Kier alpha value is -1.69. The van der Waals surface area contributed by atoms with E-state index in [2.05, 4.69) is 0 Å². The lowest BCUT2D eigenvalue weighted by molar-refractivity contribution is -0.130. The molecule has 1 rings (SSSR count). The van der Waals surface area contributed by atoms with Crippen molar-refractivity contribution in [3.63, 3.8) is 0 Å². The van der Waals surface area contributed by atoms with Crippen LogP contribution in [0.2, 0.25) is 0 Å². The molecule has 0 aliphatic heterocycles. The molecule has 0 unspecified atom stereocenters. The summed E-state index contributed by atoms with van der Waals surface area (Å²) in [5, 5.41) is 0. The van der Waals surface area contributed by atoms with Crippen molar-refractivity contribution in [2.75, 3.05) is 20.7 Å². The van der Waals surface area contributed by atoms with Crippen LogP contribution in [0.3, 0.4) is 0 Å².